The molecule has 26 heavy (non-hydrogen) atoms. The molecule has 0 spiro atoms. The van der Waals surface area contributed by atoms with E-state index in [0.717, 1.165) is 60.1 Å². The summed E-state index contributed by atoms with van der Waals surface area (Å²) in [5.41, 5.74) is 1.89. The Balaban J connectivity index is 1.55. The van der Waals surface area contributed by atoms with Gasteiger partial charge in [-0.25, -0.2) is 9.97 Å². The van der Waals surface area contributed by atoms with E-state index in [1.54, 1.807) is 6.20 Å². The normalized spacial score (nSPS) is 18.4. The molecule has 0 aromatic carbocycles. The zero-order valence-electron chi connectivity index (χ0n) is 14.5. The minimum Gasteiger partial charge on any atom is -0.354 e. The topological polar surface area (TPSA) is 45.2 Å². The molecule has 4 heterocycles. The average Bonchev–Trinajstić information content (AvgIpc) is 3.53. The lowest BCUT2D eigenvalue weighted by Gasteiger charge is -2.36. The van der Waals surface area contributed by atoms with Crippen LogP contribution < -0.4 is 4.90 Å². The molecule has 0 bridgehead atoms. The zero-order valence-corrected chi connectivity index (χ0v) is 15.2. The Bertz CT molecular complexity index is 948. The van der Waals surface area contributed by atoms with E-state index in [1.165, 1.54) is 12.8 Å². The predicted molar refractivity (Wildman–Crippen MR) is 105 cm³/mol. The van der Waals surface area contributed by atoms with Crippen LogP contribution in [-0.4, -0.2) is 52.1 Å². The number of anilines is 1. The maximum atomic E-state index is 6.09. The molecule has 0 atom stereocenters. The molecule has 3 aromatic rings. The molecule has 2 fully saturated rings. The van der Waals surface area contributed by atoms with E-state index >= 15 is 0 Å². The summed E-state index contributed by atoms with van der Waals surface area (Å²) in [6, 6.07) is 8.79. The standard InChI is InChI=1S/C20H20ClN5/c21-19-12-14(3-6-23-19)18-11-15-13-22-5-4-17(15)20(24-18)26-9-7-25(8-10-26)16-1-2-16/h3-6,11-13,16H,1-2,7-10H2. The van der Waals surface area contributed by atoms with Crippen molar-refractivity contribution in [1.29, 1.82) is 0 Å². The van der Waals surface area contributed by atoms with Crippen molar-refractivity contribution < 1.29 is 0 Å². The van der Waals surface area contributed by atoms with Crippen molar-refractivity contribution in [1.82, 2.24) is 19.9 Å². The van der Waals surface area contributed by atoms with E-state index in [2.05, 4.69) is 31.9 Å². The number of rotatable bonds is 3. The Labute approximate surface area is 157 Å². The number of pyridine rings is 3. The van der Waals surface area contributed by atoms with Crippen LogP contribution >= 0.6 is 11.6 Å². The summed E-state index contributed by atoms with van der Waals surface area (Å²) in [5, 5.41) is 2.74. The molecule has 1 aliphatic heterocycles. The molecule has 2 aliphatic rings. The molecule has 3 aromatic heterocycles. The van der Waals surface area contributed by atoms with Crippen LogP contribution in [0, 0.1) is 0 Å². The van der Waals surface area contributed by atoms with Gasteiger partial charge in [-0.2, -0.15) is 0 Å². The number of aromatic nitrogens is 3. The number of hydrogen-bond donors (Lipinski definition) is 0. The largest absolute Gasteiger partial charge is 0.354 e. The molecule has 6 heteroatoms. The summed E-state index contributed by atoms with van der Waals surface area (Å²) >= 11 is 6.09. The molecule has 5 rings (SSSR count). The van der Waals surface area contributed by atoms with Gasteiger partial charge in [0.2, 0.25) is 0 Å². The second kappa shape index (κ2) is 6.49. The van der Waals surface area contributed by atoms with Crippen LogP contribution in [0.25, 0.3) is 22.0 Å². The summed E-state index contributed by atoms with van der Waals surface area (Å²) in [6.07, 6.45) is 8.21. The summed E-state index contributed by atoms with van der Waals surface area (Å²) in [7, 11) is 0. The maximum Gasteiger partial charge on any atom is 0.137 e. The van der Waals surface area contributed by atoms with E-state index in [9.17, 15) is 0 Å². The van der Waals surface area contributed by atoms with E-state index in [0.29, 0.717) is 5.15 Å². The Morgan fingerprint density at radius 1 is 1.00 bits per heavy atom. The van der Waals surface area contributed by atoms with Gasteiger partial charge in [0.05, 0.1) is 5.69 Å². The SMILES string of the molecule is Clc1cc(-c2cc3cnccc3c(N3CCN(C4CC4)CC3)n2)ccn1. The monoisotopic (exact) mass is 365 g/mol. The van der Waals surface area contributed by atoms with Crippen molar-refractivity contribution in [3.63, 3.8) is 0 Å². The van der Waals surface area contributed by atoms with Gasteiger partial charge >= 0.3 is 0 Å². The first-order valence-electron chi connectivity index (χ1n) is 9.14. The lowest BCUT2D eigenvalue weighted by Crippen LogP contribution is -2.47. The van der Waals surface area contributed by atoms with Gasteiger partial charge in [0, 0.05) is 67.1 Å². The molecular formula is C20H20ClN5. The maximum absolute atomic E-state index is 6.09. The van der Waals surface area contributed by atoms with E-state index < -0.39 is 0 Å². The van der Waals surface area contributed by atoms with Crippen molar-refractivity contribution >= 4 is 28.2 Å². The van der Waals surface area contributed by atoms with Gasteiger partial charge in [0.15, 0.2) is 0 Å². The number of fused-ring (bicyclic) bond motifs is 1. The van der Waals surface area contributed by atoms with Crippen molar-refractivity contribution in [2.75, 3.05) is 31.1 Å². The van der Waals surface area contributed by atoms with Gasteiger partial charge in [0.25, 0.3) is 0 Å². The fourth-order valence-electron chi connectivity index (χ4n) is 3.77. The number of hydrogen-bond acceptors (Lipinski definition) is 5. The van der Waals surface area contributed by atoms with Crippen molar-refractivity contribution in [2.45, 2.75) is 18.9 Å². The molecule has 5 nitrogen and oxygen atoms in total. The van der Waals surface area contributed by atoms with Gasteiger partial charge in [0.1, 0.15) is 11.0 Å². The third-order valence-electron chi connectivity index (χ3n) is 5.31. The van der Waals surface area contributed by atoms with Crippen molar-refractivity contribution in [2.24, 2.45) is 0 Å². The van der Waals surface area contributed by atoms with Crippen LogP contribution in [0.1, 0.15) is 12.8 Å². The zero-order chi connectivity index (χ0) is 17.5. The molecule has 0 N–H and O–H groups in total. The van der Waals surface area contributed by atoms with Crippen molar-refractivity contribution in [3.8, 4) is 11.3 Å². The average molecular weight is 366 g/mol. The lowest BCUT2D eigenvalue weighted by atomic mass is 10.1. The fraction of sp³-hybridized carbons (Fsp3) is 0.350. The van der Waals surface area contributed by atoms with E-state index in [4.69, 9.17) is 16.6 Å². The highest BCUT2D eigenvalue weighted by molar-refractivity contribution is 6.29. The van der Waals surface area contributed by atoms with E-state index in [-0.39, 0.29) is 0 Å². The lowest BCUT2D eigenvalue weighted by molar-refractivity contribution is 0.248. The first-order chi connectivity index (χ1) is 12.8. The quantitative estimate of drug-likeness (QED) is 0.663. The highest BCUT2D eigenvalue weighted by Gasteiger charge is 2.31. The second-order valence-electron chi connectivity index (χ2n) is 7.05. The number of halogens is 1. The minimum atomic E-state index is 0.482. The van der Waals surface area contributed by atoms with Gasteiger partial charge < -0.3 is 4.90 Å². The predicted octanol–water partition coefficient (Wildman–Crippen LogP) is 3.63. The van der Waals surface area contributed by atoms with Gasteiger partial charge in [-0.3, -0.25) is 9.88 Å². The Morgan fingerprint density at radius 2 is 1.85 bits per heavy atom. The highest BCUT2D eigenvalue weighted by Crippen LogP contribution is 2.32. The first-order valence-corrected chi connectivity index (χ1v) is 9.51. The third-order valence-corrected chi connectivity index (χ3v) is 5.52. The molecular weight excluding hydrogens is 346 g/mol. The number of nitrogens with zero attached hydrogens (tertiary/aromatic N) is 5. The minimum absolute atomic E-state index is 0.482. The van der Waals surface area contributed by atoms with Gasteiger partial charge in [-0.05, 0) is 37.1 Å². The molecule has 1 saturated heterocycles. The van der Waals surface area contributed by atoms with Crippen LogP contribution in [0.2, 0.25) is 5.15 Å². The molecule has 0 unspecified atom stereocenters. The van der Waals surface area contributed by atoms with Crippen LogP contribution in [-0.2, 0) is 0 Å². The molecule has 1 aliphatic carbocycles. The Morgan fingerprint density at radius 3 is 2.62 bits per heavy atom. The molecule has 1 saturated carbocycles. The number of piperazine rings is 1. The summed E-state index contributed by atoms with van der Waals surface area (Å²) < 4.78 is 0. The Kier molecular flexibility index (Phi) is 3.98. The smallest absolute Gasteiger partial charge is 0.137 e. The van der Waals surface area contributed by atoms with Gasteiger partial charge in [-0.15, -0.1) is 0 Å². The van der Waals surface area contributed by atoms with Crippen LogP contribution in [0.3, 0.4) is 0 Å². The molecule has 132 valence electrons. The Hall–Kier alpha value is -2.24. The third kappa shape index (κ3) is 3.02. The van der Waals surface area contributed by atoms with Crippen LogP contribution in [0.4, 0.5) is 5.82 Å². The summed E-state index contributed by atoms with van der Waals surface area (Å²) in [5.74, 6) is 1.04. The van der Waals surface area contributed by atoms with Crippen LogP contribution in [0.15, 0.2) is 42.9 Å². The molecule has 0 radical (unpaired) electrons. The summed E-state index contributed by atoms with van der Waals surface area (Å²) in [4.78, 5) is 18.4. The first kappa shape index (κ1) is 16.0. The summed E-state index contributed by atoms with van der Waals surface area (Å²) in [6.45, 7) is 4.26. The second-order valence-corrected chi connectivity index (χ2v) is 7.44. The van der Waals surface area contributed by atoms with Gasteiger partial charge in [-0.1, -0.05) is 11.6 Å². The van der Waals surface area contributed by atoms with Crippen molar-refractivity contribution in [3.05, 3.63) is 48.0 Å². The highest BCUT2D eigenvalue weighted by atomic mass is 35.5. The molecule has 0 amide bonds. The van der Waals surface area contributed by atoms with Crippen LogP contribution in [0.5, 0.6) is 0 Å². The van der Waals surface area contributed by atoms with E-state index in [1.807, 2.05) is 24.5 Å². The fourth-order valence-corrected chi connectivity index (χ4v) is 3.94.